The van der Waals surface area contributed by atoms with Crippen molar-refractivity contribution in [3.63, 3.8) is 0 Å². The van der Waals surface area contributed by atoms with Crippen LogP contribution in [0, 0.1) is 0 Å². The molecule has 0 fully saturated rings. The molecule has 0 radical (unpaired) electrons. The van der Waals surface area contributed by atoms with Gasteiger partial charge in [0.25, 0.3) is 0 Å². The van der Waals surface area contributed by atoms with E-state index in [-0.39, 0.29) is 5.65 Å². The van der Waals surface area contributed by atoms with Gasteiger partial charge in [-0.2, -0.15) is 22.0 Å². The van der Waals surface area contributed by atoms with E-state index in [1.807, 2.05) is 0 Å². The van der Waals surface area contributed by atoms with Crippen LogP contribution in [-0.2, 0) is 11.3 Å². The van der Waals surface area contributed by atoms with Crippen LogP contribution in [-0.4, -0.2) is 20.5 Å². The summed E-state index contributed by atoms with van der Waals surface area (Å²) in [7, 11) is 0. The number of hydrogen-bond acceptors (Lipinski definition) is 2. The van der Waals surface area contributed by atoms with Gasteiger partial charge < -0.3 is 4.98 Å². The summed E-state index contributed by atoms with van der Waals surface area (Å²) < 4.78 is 64.5. The summed E-state index contributed by atoms with van der Waals surface area (Å²) in [5.74, 6) is -5.15. The Bertz CT molecular complexity index is 736. The minimum Gasteiger partial charge on any atom is -0.305 e. The van der Waals surface area contributed by atoms with Gasteiger partial charge in [0.15, 0.2) is 0 Å². The molecule has 0 saturated carbocycles. The number of alkyl halides is 5. The van der Waals surface area contributed by atoms with E-state index >= 15 is 0 Å². The molecule has 2 heterocycles. The monoisotopic (exact) mass is 309 g/mol. The maximum atomic E-state index is 13.3. The second kappa shape index (κ2) is 4.28. The summed E-state index contributed by atoms with van der Waals surface area (Å²) in [5, 5.41) is 0. The lowest BCUT2D eigenvalue weighted by molar-refractivity contribution is -0.291. The molecular formula is C12H12F5N3O. The normalized spacial score (nSPS) is 13.9. The molecule has 0 aliphatic rings. The number of rotatable bonds is 1. The largest absolute Gasteiger partial charge is 0.459 e. The first-order chi connectivity index (χ1) is 9.34. The van der Waals surface area contributed by atoms with Crippen molar-refractivity contribution in [1.82, 2.24) is 14.4 Å². The van der Waals surface area contributed by atoms with E-state index in [0.717, 1.165) is 4.40 Å². The van der Waals surface area contributed by atoms with Gasteiger partial charge in [-0.25, -0.2) is 9.78 Å². The fourth-order valence-electron chi connectivity index (χ4n) is 1.68. The third kappa shape index (κ3) is 2.52. The summed E-state index contributed by atoms with van der Waals surface area (Å²) in [6.45, 7) is 5.32. The average Bonchev–Trinajstić information content (AvgIpc) is 2.71. The summed E-state index contributed by atoms with van der Waals surface area (Å²) in [4.78, 5) is 17.2. The molecule has 2 rings (SSSR count). The van der Waals surface area contributed by atoms with Crippen LogP contribution in [0.3, 0.4) is 0 Å². The van der Waals surface area contributed by atoms with Crippen molar-refractivity contribution in [3.05, 3.63) is 34.1 Å². The SMILES string of the molecule is CC(C)(C)c1cn2c(=O)[nH]c(C(F)(F)C(F)(F)F)cc2n1. The van der Waals surface area contributed by atoms with Crippen LogP contribution < -0.4 is 5.69 Å². The molecule has 0 aliphatic carbocycles. The Kier molecular flexibility index (Phi) is 3.15. The Morgan fingerprint density at radius 1 is 1.14 bits per heavy atom. The third-order valence-electron chi connectivity index (χ3n) is 2.93. The van der Waals surface area contributed by atoms with Gasteiger partial charge in [0.1, 0.15) is 11.3 Å². The Hall–Kier alpha value is -1.93. The van der Waals surface area contributed by atoms with Gasteiger partial charge in [0.2, 0.25) is 0 Å². The molecule has 2 aromatic rings. The zero-order valence-corrected chi connectivity index (χ0v) is 11.3. The number of aromatic nitrogens is 3. The van der Waals surface area contributed by atoms with E-state index in [1.165, 1.54) is 6.20 Å². The number of H-pyrrole nitrogens is 1. The van der Waals surface area contributed by atoms with Gasteiger partial charge in [-0.15, -0.1) is 0 Å². The zero-order valence-electron chi connectivity index (χ0n) is 11.3. The van der Waals surface area contributed by atoms with E-state index in [1.54, 1.807) is 25.8 Å². The Morgan fingerprint density at radius 3 is 2.19 bits per heavy atom. The minimum atomic E-state index is -5.80. The van der Waals surface area contributed by atoms with Crippen LogP contribution >= 0.6 is 0 Å². The van der Waals surface area contributed by atoms with Crippen LogP contribution in [0.4, 0.5) is 22.0 Å². The van der Waals surface area contributed by atoms with Crippen molar-refractivity contribution in [3.8, 4) is 0 Å². The van der Waals surface area contributed by atoms with E-state index in [0.29, 0.717) is 11.8 Å². The van der Waals surface area contributed by atoms with Crippen molar-refractivity contribution in [2.24, 2.45) is 0 Å². The summed E-state index contributed by atoms with van der Waals surface area (Å²) in [5.41, 5.74) is -2.97. The number of aromatic amines is 1. The van der Waals surface area contributed by atoms with Crippen molar-refractivity contribution >= 4 is 5.65 Å². The smallest absolute Gasteiger partial charge is 0.305 e. The molecule has 9 heteroatoms. The Balaban J connectivity index is 2.69. The number of halogens is 5. The fraction of sp³-hybridized carbons (Fsp3) is 0.500. The molecule has 1 N–H and O–H groups in total. The second-order valence-corrected chi connectivity index (χ2v) is 5.66. The van der Waals surface area contributed by atoms with Crippen LogP contribution in [0.5, 0.6) is 0 Å². The van der Waals surface area contributed by atoms with E-state index in [2.05, 4.69) is 4.98 Å². The highest BCUT2D eigenvalue weighted by molar-refractivity contribution is 5.42. The van der Waals surface area contributed by atoms with Gasteiger partial charge in [0.05, 0.1) is 5.69 Å². The van der Waals surface area contributed by atoms with Gasteiger partial charge in [-0.1, -0.05) is 20.8 Å². The first-order valence-corrected chi connectivity index (χ1v) is 5.92. The van der Waals surface area contributed by atoms with Crippen molar-refractivity contribution in [2.75, 3.05) is 0 Å². The maximum Gasteiger partial charge on any atom is 0.459 e. The van der Waals surface area contributed by atoms with Crippen LogP contribution in [0.1, 0.15) is 32.2 Å². The molecule has 0 spiro atoms. The highest BCUT2D eigenvalue weighted by Crippen LogP contribution is 2.42. The summed E-state index contributed by atoms with van der Waals surface area (Å²) in [6.07, 6.45) is -4.49. The Labute approximate surface area is 115 Å². The predicted molar refractivity (Wildman–Crippen MR) is 64.5 cm³/mol. The van der Waals surface area contributed by atoms with Crippen LogP contribution in [0.2, 0.25) is 0 Å². The highest BCUT2D eigenvalue weighted by Gasteiger charge is 2.59. The molecule has 4 nitrogen and oxygen atoms in total. The summed E-state index contributed by atoms with van der Waals surface area (Å²) in [6, 6.07) is 0.532. The fourth-order valence-corrected chi connectivity index (χ4v) is 1.68. The van der Waals surface area contributed by atoms with Crippen LogP contribution in [0.15, 0.2) is 17.1 Å². The highest BCUT2D eigenvalue weighted by atomic mass is 19.4. The molecule has 0 aliphatic heterocycles. The number of imidazole rings is 1. The topological polar surface area (TPSA) is 50.2 Å². The number of fused-ring (bicyclic) bond motifs is 1. The average molecular weight is 309 g/mol. The first kappa shape index (κ1) is 15.5. The molecule has 0 unspecified atom stereocenters. The number of nitrogens with zero attached hydrogens (tertiary/aromatic N) is 2. The second-order valence-electron chi connectivity index (χ2n) is 5.66. The molecule has 0 amide bonds. The molecule has 0 aromatic carbocycles. The minimum absolute atomic E-state index is 0.261. The Morgan fingerprint density at radius 2 is 1.71 bits per heavy atom. The molecule has 0 atom stereocenters. The molecular weight excluding hydrogens is 297 g/mol. The van der Waals surface area contributed by atoms with Crippen molar-refractivity contribution < 1.29 is 22.0 Å². The molecule has 0 bridgehead atoms. The van der Waals surface area contributed by atoms with Gasteiger partial charge >= 0.3 is 17.8 Å². The van der Waals surface area contributed by atoms with Gasteiger partial charge in [-0.05, 0) is 0 Å². The quantitative estimate of drug-likeness (QED) is 0.823. The van der Waals surface area contributed by atoms with E-state index < -0.39 is 28.9 Å². The lowest BCUT2D eigenvalue weighted by Gasteiger charge is -2.19. The van der Waals surface area contributed by atoms with Crippen LogP contribution in [0.25, 0.3) is 5.65 Å². The standard InChI is InChI=1S/C12H12F5N3O/c1-10(2,3)7-5-20-8(18-7)4-6(19-9(20)21)11(13,14)12(15,16)17/h4-5H,1-3H3,(H,19,21). The molecule has 116 valence electrons. The third-order valence-corrected chi connectivity index (χ3v) is 2.93. The predicted octanol–water partition coefficient (Wildman–Crippen LogP) is 2.97. The van der Waals surface area contributed by atoms with E-state index in [4.69, 9.17) is 0 Å². The van der Waals surface area contributed by atoms with Gasteiger partial charge in [0, 0.05) is 17.7 Å². The van der Waals surface area contributed by atoms with Crippen molar-refractivity contribution in [2.45, 2.75) is 38.3 Å². The molecule has 21 heavy (non-hydrogen) atoms. The number of hydrogen-bond donors (Lipinski definition) is 1. The number of nitrogens with one attached hydrogen (secondary N) is 1. The van der Waals surface area contributed by atoms with E-state index in [9.17, 15) is 26.7 Å². The molecule has 0 saturated heterocycles. The molecule has 2 aromatic heterocycles. The first-order valence-electron chi connectivity index (χ1n) is 5.92. The van der Waals surface area contributed by atoms with Crippen molar-refractivity contribution in [1.29, 1.82) is 0 Å². The zero-order chi connectivity index (χ0) is 16.2. The summed E-state index contributed by atoms with van der Waals surface area (Å²) >= 11 is 0. The lowest BCUT2D eigenvalue weighted by Crippen LogP contribution is -2.36. The maximum absolute atomic E-state index is 13.3. The lowest BCUT2D eigenvalue weighted by atomic mass is 9.93. The van der Waals surface area contributed by atoms with Gasteiger partial charge in [-0.3, -0.25) is 4.40 Å².